The third-order valence-electron chi connectivity index (χ3n) is 5.63. The van der Waals surface area contributed by atoms with Crippen LogP contribution in [0.1, 0.15) is 38.2 Å². The van der Waals surface area contributed by atoms with Crippen molar-refractivity contribution in [2.75, 3.05) is 27.2 Å². The number of carbonyl (C=O) groups excluding carboxylic acids is 1. The number of hydrogen-bond donors (Lipinski definition) is 1. The first-order chi connectivity index (χ1) is 13.1. The minimum absolute atomic E-state index is 0. The summed E-state index contributed by atoms with van der Waals surface area (Å²) in [7, 11) is 3.23. The topological polar surface area (TPSA) is 63.2 Å². The Morgan fingerprint density at radius 2 is 1.96 bits per heavy atom. The lowest BCUT2D eigenvalue weighted by Crippen LogP contribution is -2.40. The van der Waals surface area contributed by atoms with Crippen molar-refractivity contribution in [2.45, 2.75) is 45.3 Å². The molecule has 7 heteroatoms. The highest BCUT2D eigenvalue weighted by atomic mass is 127. The van der Waals surface area contributed by atoms with Gasteiger partial charge in [0, 0.05) is 32.2 Å². The van der Waals surface area contributed by atoms with E-state index in [1.54, 1.807) is 7.05 Å². The Kier molecular flexibility index (Phi) is 8.85. The number of nitrogens with one attached hydrogen (secondary N) is 1. The van der Waals surface area contributed by atoms with Crippen LogP contribution in [0.25, 0.3) is 0 Å². The lowest BCUT2D eigenvalue weighted by molar-refractivity contribution is -0.145. The van der Waals surface area contributed by atoms with E-state index in [1.807, 2.05) is 18.2 Å². The van der Waals surface area contributed by atoms with Crippen LogP contribution in [0.15, 0.2) is 29.3 Å². The molecule has 1 aliphatic heterocycles. The summed E-state index contributed by atoms with van der Waals surface area (Å²) in [4.78, 5) is 18.5. The molecule has 2 aliphatic rings. The van der Waals surface area contributed by atoms with Gasteiger partial charge in [0.15, 0.2) is 5.96 Å². The van der Waals surface area contributed by atoms with Gasteiger partial charge in [-0.05, 0) is 37.7 Å². The van der Waals surface area contributed by atoms with Gasteiger partial charge in [-0.2, -0.15) is 0 Å². The Bertz CT molecular complexity index is 677. The molecule has 1 saturated heterocycles. The molecule has 0 spiro atoms. The quantitative estimate of drug-likeness (QED) is 0.290. The molecule has 0 aromatic heterocycles. The number of methoxy groups -OCH3 is 1. The molecule has 2 atom stereocenters. The van der Waals surface area contributed by atoms with Crippen molar-refractivity contribution < 1.29 is 14.3 Å². The van der Waals surface area contributed by atoms with Crippen LogP contribution >= 0.6 is 24.0 Å². The van der Waals surface area contributed by atoms with Gasteiger partial charge in [-0.15, -0.1) is 24.0 Å². The van der Waals surface area contributed by atoms with Crippen molar-refractivity contribution >= 4 is 35.9 Å². The van der Waals surface area contributed by atoms with Crippen LogP contribution in [0.2, 0.25) is 0 Å². The van der Waals surface area contributed by atoms with Crippen LogP contribution in [0.3, 0.4) is 0 Å². The molecular formula is C21H32IN3O3. The molecule has 1 heterocycles. The zero-order chi connectivity index (χ0) is 19.2. The van der Waals surface area contributed by atoms with Crippen molar-refractivity contribution in [1.29, 1.82) is 0 Å². The normalized spacial score (nSPS) is 22.7. The van der Waals surface area contributed by atoms with E-state index in [0.717, 1.165) is 36.7 Å². The minimum atomic E-state index is -0.143. The molecule has 28 heavy (non-hydrogen) atoms. The van der Waals surface area contributed by atoms with E-state index in [0.29, 0.717) is 19.2 Å². The number of halogens is 1. The number of benzene rings is 1. The maximum absolute atomic E-state index is 11.9. The highest BCUT2D eigenvalue weighted by Gasteiger charge is 2.36. The minimum Gasteiger partial charge on any atom is -0.490 e. The third-order valence-corrected chi connectivity index (χ3v) is 5.63. The van der Waals surface area contributed by atoms with E-state index in [1.165, 1.54) is 20.0 Å². The maximum atomic E-state index is 11.9. The van der Waals surface area contributed by atoms with Gasteiger partial charge in [0.25, 0.3) is 0 Å². The molecular weight excluding hydrogens is 469 g/mol. The molecule has 1 aromatic rings. The van der Waals surface area contributed by atoms with Crippen molar-refractivity contribution in [1.82, 2.24) is 10.2 Å². The van der Waals surface area contributed by atoms with Crippen LogP contribution in [-0.2, 0) is 16.1 Å². The van der Waals surface area contributed by atoms with Crippen LogP contribution < -0.4 is 10.1 Å². The largest absolute Gasteiger partial charge is 0.490 e. The Morgan fingerprint density at radius 3 is 2.64 bits per heavy atom. The van der Waals surface area contributed by atoms with Crippen molar-refractivity contribution in [2.24, 2.45) is 16.8 Å². The van der Waals surface area contributed by atoms with E-state index in [-0.39, 0.29) is 41.8 Å². The maximum Gasteiger partial charge on any atom is 0.310 e. The molecule has 3 rings (SSSR count). The van der Waals surface area contributed by atoms with Crippen LogP contribution in [0.4, 0.5) is 0 Å². The highest BCUT2D eigenvalue weighted by Crippen LogP contribution is 2.27. The summed E-state index contributed by atoms with van der Waals surface area (Å²) >= 11 is 0. The van der Waals surface area contributed by atoms with Gasteiger partial charge in [0.2, 0.25) is 0 Å². The van der Waals surface area contributed by atoms with E-state index in [2.05, 4.69) is 28.2 Å². The summed E-state index contributed by atoms with van der Waals surface area (Å²) in [5, 5.41) is 3.43. The van der Waals surface area contributed by atoms with E-state index in [9.17, 15) is 4.79 Å². The number of hydrogen-bond acceptors (Lipinski definition) is 4. The lowest BCUT2D eigenvalue weighted by atomic mass is 9.99. The predicted molar refractivity (Wildman–Crippen MR) is 121 cm³/mol. The van der Waals surface area contributed by atoms with Gasteiger partial charge < -0.3 is 19.7 Å². The number of rotatable bonds is 5. The summed E-state index contributed by atoms with van der Waals surface area (Å²) in [6.07, 6.45) is 5.14. The van der Waals surface area contributed by atoms with Crippen molar-refractivity contribution in [3.63, 3.8) is 0 Å². The monoisotopic (exact) mass is 501 g/mol. The number of guanidine groups is 1. The number of nitrogens with zero attached hydrogens (tertiary/aromatic N) is 2. The Labute approximate surface area is 185 Å². The van der Waals surface area contributed by atoms with Gasteiger partial charge >= 0.3 is 5.97 Å². The third kappa shape index (κ3) is 5.52. The number of aliphatic imine (C=N–C) groups is 1. The lowest BCUT2D eigenvalue weighted by Gasteiger charge is -2.22. The Hall–Kier alpha value is -1.51. The van der Waals surface area contributed by atoms with Gasteiger partial charge in [0.05, 0.1) is 19.1 Å². The summed E-state index contributed by atoms with van der Waals surface area (Å²) < 4.78 is 11.2. The summed E-state index contributed by atoms with van der Waals surface area (Å²) in [5.41, 5.74) is 1.13. The second-order valence-corrected chi connectivity index (χ2v) is 7.54. The van der Waals surface area contributed by atoms with Crippen LogP contribution in [0, 0.1) is 11.8 Å². The fourth-order valence-corrected chi connectivity index (χ4v) is 4.06. The Morgan fingerprint density at radius 1 is 1.25 bits per heavy atom. The van der Waals surface area contributed by atoms with E-state index < -0.39 is 0 Å². The zero-order valence-corrected chi connectivity index (χ0v) is 19.3. The van der Waals surface area contributed by atoms with E-state index >= 15 is 0 Å². The van der Waals surface area contributed by atoms with Gasteiger partial charge in [0.1, 0.15) is 5.75 Å². The predicted octanol–water partition coefficient (Wildman–Crippen LogP) is 3.44. The average Bonchev–Trinajstić information content (AvgIpc) is 3.32. The molecule has 2 fully saturated rings. The summed E-state index contributed by atoms with van der Waals surface area (Å²) in [6.45, 7) is 4.15. The van der Waals surface area contributed by atoms with Gasteiger partial charge in [-0.3, -0.25) is 9.79 Å². The zero-order valence-electron chi connectivity index (χ0n) is 17.0. The number of para-hydroxylation sites is 1. The molecule has 156 valence electrons. The van der Waals surface area contributed by atoms with Crippen molar-refractivity contribution in [3.05, 3.63) is 29.8 Å². The fraction of sp³-hybridized carbons (Fsp3) is 0.619. The molecule has 0 radical (unpaired) electrons. The van der Waals surface area contributed by atoms with Crippen LogP contribution in [0.5, 0.6) is 5.75 Å². The first-order valence-electron chi connectivity index (χ1n) is 9.90. The molecule has 1 aromatic carbocycles. The number of ether oxygens (including phenoxy) is 2. The number of likely N-dealkylation sites (tertiary alicyclic amines) is 1. The first-order valence-corrected chi connectivity index (χ1v) is 9.90. The smallest absolute Gasteiger partial charge is 0.310 e. The molecule has 0 amide bonds. The molecule has 1 saturated carbocycles. The van der Waals surface area contributed by atoms with Crippen LogP contribution in [-0.4, -0.2) is 50.2 Å². The first kappa shape index (κ1) is 22.8. The molecule has 2 unspecified atom stereocenters. The Balaban J connectivity index is 0.00000280. The van der Waals surface area contributed by atoms with E-state index in [4.69, 9.17) is 9.47 Å². The molecule has 0 bridgehead atoms. The highest BCUT2D eigenvalue weighted by molar-refractivity contribution is 14.0. The second-order valence-electron chi connectivity index (χ2n) is 7.54. The molecule has 1 aliphatic carbocycles. The second kappa shape index (κ2) is 10.9. The molecule has 6 nitrogen and oxygen atoms in total. The van der Waals surface area contributed by atoms with Gasteiger partial charge in [-0.25, -0.2) is 0 Å². The summed E-state index contributed by atoms with van der Waals surface area (Å²) in [6, 6.07) is 8.19. The number of esters is 1. The molecule has 1 N–H and O–H groups in total. The standard InChI is InChI=1S/C21H31N3O3.HI/c1-15-13-24(14-18(15)20(25)26-3)21(22-2)23-12-16-8-4-7-11-19(16)27-17-9-5-6-10-17;/h4,7-8,11,15,17-18H,5-6,9-10,12-14H2,1-3H3,(H,22,23);1H. The number of carbonyl (C=O) groups is 1. The average molecular weight is 501 g/mol. The van der Waals surface area contributed by atoms with Gasteiger partial charge in [-0.1, -0.05) is 25.1 Å². The van der Waals surface area contributed by atoms with Crippen molar-refractivity contribution in [3.8, 4) is 5.75 Å². The SMILES string of the molecule is CN=C(NCc1ccccc1OC1CCCC1)N1CC(C)C(C(=O)OC)C1.I. The fourth-order valence-electron chi connectivity index (χ4n) is 4.06. The summed E-state index contributed by atoms with van der Waals surface area (Å²) in [5.74, 6) is 1.76.